The van der Waals surface area contributed by atoms with Crippen LogP contribution in [0.2, 0.25) is 0 Å². The molecule has 2 nitrogen and oxygen atoms in total. The topological polar surface area (TPSA) is 26.3 Å². The molecule has 7 atom stereocenters. The van der Waals surface area contributed by atoms with Gasteiger partial charge in [0.05, 0.1) is 6.61 Å². The van der Waals surface area contributed by atoms with Crippen LogP contribution in [-0.2, 0) is 9.53 Å². The maximum Gasteiger partial charge on any atom is 0.305 e. The summed E-state index contributed by atoms with van der Waals surface area (Å²) in [4.78, 5) is 10.0. The molecule has 4 aliphatic rings. The predicted octanol–water partition coefficient (Wildman–Crippen LogP) is 5.06. The molecule has 0 spiro atoms. The number of cyclic esters (lactones) is 1. The van der Waals surface area contributed by atoms with Gasteiger partial charge in [0.25, 0.3) is 0 Å². The number of rotatable bonds is 3. The molecule has 0 aromatic carbocycles. The molecule has 4 fully saturated rings. The van der Waals surface area contributed by atoms with Crippen molar-refractivity contribution >= 4 is 5.97 Å². The van der Waals surface area contributed by atoms with Crippen LogP contribution in [0.3, 0.4) is 0 Å². The fourth-order valence-corrected chi connectivity index (χ4v) is 6.48. The number of hydrogen-bond donors (Lipinski definition) is 0. The van der Waals surface area contributed by atoms with E-state index in [1.165, 1.54) is 19.3 Å². The van der Waals surface area contributed by atoms with E-state index in [9.17, 15) is 4.79 Å². The van der Waals surface area contributed by atoms with E-state index in [4.69, 9.17) is 0 Å². The van der Waals surface area contributed by atoms with Crippen LogP contribution in [0.1, 0.15) is 72.1 Å². The van der Waals surface area contributed by atoms with Crippen molar-refractivity contribution in [3.8, 4) is 0 Å². The molecule has 2 heteroatoms. The highest BCUT2D eigenvalue weighted by Crippen LogP contribution is 2.65. The fourth-order valence-electron chi connectivity index (χ4n) is 6.48. The van der Waals surface area contributed by atoms with Crippen LogP contribution >= 0.6 is 0 Å². The summed E-state index contributed by atoms with van der Waals surface area (Å²) in [6.07, 6.45) is 10.7. The molecule has 3 aliphatic carbocycles. The normalized spacial score (nSPS) is 45.4. The van der Waals surface area contributed by atoms with Gasteiger partial charge in [-0.2, -0.15) is 0 Å². The lowest BCUT2D eigenvalue weighted by Gasteiger charge is -2.35. The summed E-state index contributed by atoms with van der Waals surface area (Å²) in [5, 5.41) is 0. The molecule has 1 saturated heterocycles. The summed E-state index contributed by atoms with van der Waals surface area (Å²) in [7, 11) is 0. The quantitative estimate of drug-likeness (QED) is 0.681. The van der Waals surface area contributed by atoms with Crippen LogP contribution in [0.15, 0.2) is 0 Å². The van der Waals surface area contributed by atoms with Gasteiger partial charge in [0.2, 0.25) is 0 Å². The second-order valence-corrected chi connectivity index (χ2v) is 8.11. The van der Waals surface area contributed by atoms with E-state index in [1.54, 1.807) is 19.3 Å². The number of esters is 1. The number of carbonyl (C=O) groups is 1. The van der Waals surface area contributed by atoms with Gasteiger partial charge < -0.3 is 4.74 Å². The summed E-state index contributed by atoms with van der Waals surface area (Å²) in [5.41, 5.74) is 0. The van der Waals surface area contributed by atoms with Crippen molar-refractivity contribution in [2.24, 2.45) is 41.4 Å². The summed E-state index contributed by atoms with van der Waals surface area (Å²) in [5.74, 6) is 7.84. The Bertz CT molecular complexity index is 383. The van der Waals surface area contributed by atoms with Gasteiger partial charge in [-0.15, -0.1) is 0 Å². The summed E-state index contributed by atoms with van der Waals surface area (Å²) < 4.78 is 4.51. The van der Waals surface area contributed by atoms with Gasteiger partial charge in [-0.05, 0) is 67.1 Å². The van der Waals surface area contributed by atoms with Gasteiger partial charge in [0, 0.05) is 6.42 Å². The van der Waals surface area contributed by atoms with Crippen LogP contribution in [0.4, 0.5) is 0 Å². The van der Waals surface area contributed by atoms with Crippen molar-refractivity contribution in [2.75, 3.05) is 6.61 Å². The Morgan fingerprint density at radius 1 is 0.909 bits per heavy atom. The molecule has 0 aromatic rings. The van der Waals surface area contributed by atoms with Crippen molar-refractivity contribution in [3.05, 3.63) is 0 Å². The first-order valence-corrected chi connectivity index (χ1v) is 9.85. The molecule has 22 heavy (non-hydrogen) atoms. The largest absolute Gasteiger partial charge is 0.466 e. The third kappa shape index (κ3) is 2.83. The van der Waals surface area contributed by atoms with Crippen molar-refractivity contribution in [1.82, 2.24) is 0 Å². The Kier molecular flexibility index (Phi) is 5.14. The molecular formula is C20H34O2. The number of fused-ring (bicyclic) bond motifs is 5. The van der Waals surface area contributed by atoms with E-state index in [2.05, 4.69) is 25.5 Å². The second kappa shape index (κ2) is 6.93. The molecule has 126 valence electrons. The highest BCUT2D eigenvalue weighted by Gasteiger charge is 2.58. The molecular weight excluding hydrogens is 272 g/mol. The lowest BCUT2D eigenvalue weighted by atomic mass is 9.70. The Balaban J connectivity index is 0.000000202. The lowest BCUT2D eigenvalue weighted by molar-refractivity contribution is -0.137. The van der Waals surface area contributed by atoms with E-state index in [0.29, 0.717) is 13.0 Å². The summed E-state index contributed by atoms with van der Waals surface area (Å²) >= 11 is 0. The molecule has 0 aromatic heterocycles. The average molecular weight is 306 g/mol. The molecule has 3 saturated carbocycles. The highest BCUT2D eigenvalue weighted by atomic mass is 16.5. The third-order valence-corrected chi connectivity index (χ3v) is 7.32. The van der Waals surface area contributed by atoms with Gasteiger partial charge in [-0.1, -0.05) is 40.0 Å². The molecule has 2 bridgehead atoms. The van der Waals surface area contributed by atoms with Crippen molar-refractivity contribution in [2.45, 2.75) is 72.1 Å². The second-order valence-electron chi connectivity index (χ2n) is 8.11. The maximum absolute atomic E-state index is 10.0. The minimum Gasteiger partial charge on any atom is -0.466 e. The zero-order valence-electron chi connectivity index (χ0n) is 14.7. The van der Waals surface area contributed by atoms with Crippen molar-refractivity contribution in [3.63, 3.8) is 0 Å². The van der Waals surface area contributed by atoms with Gasteiger partial charge in [0.15, 0.2) is 0 Å². The van der Waals surface area contributed by atoms with E-state index in [0.717, 1.165) is 47.8 Å². The molecule has 4 rings (SSSR count). The van der Waals surface area contributed by atoms with Gasteiger partial charge in [-0.3, -0.25) is 4.79 Å². The monoisotopic (exact) mass is 306 g/mol. The Labute approximate surface area is 136 Å². The molecule has 0 radical (unpaired) electrons. The Hall–Kier alpha value is -0.530. The van der Waals surface area contributed by atoms with Crippen molar-refractivity contribution in [1.29, 1.82) is 0 Å². The molecule has 7 unspecified atom stereocenters. The Morgan fingerprint density at radius 3 is 2.09 bits per heavy atom. The smallest absolute Gasteiger partial charge is 0.305 e. The number of hydrogen-bond acceptors (Lipinski definition) is 2. The fraction of sp³-hybridized carbons (Fsp3) is 0.950. The molecule has 1 aliphatic heterocycles. The number of ether oxygens (including phenoxy) is 1. The van der Waals surface area contributed by atoms with Gasteiger partial charge >= 0.3 is 5.97 Å². The highest BCUT2D eigenvalue weighted by molar-refractivity contribution is 5.70. The first-order chi connectivity index (χ1) is 10.7. The van der Waals surface area contributed by atoms with Gasteiger partial charge in [0.1, 0.15) is 0 Å². The zero-order valence-corrected chi connectivity index (χ0v) is 14.7. The van der Waals surface area contributed by atoms with E-state index < -0.39 is 0 Å². The van der Waals surface area contributed by atoms with Crippen LogP contribution in [0.25, 0.3) is 0 Å². The Morgan fingerprint density at radius 2 is 1.59 bits per heavy atom. The van der Waals surface area contributed by atoms with Crippen LogP contribution in [0.5, 0.6) is 0 Å². The molecule has 0 N–H and O–H groups in total. The number of carbonyl (C=O) groups excluding carboxylic acids is 1. The van der Waals surface area contributed by atoms with Crippen LogP contribution in [0, 0.1) is 41.4 Å². The van der Waals surface area contributed by atoms with E-state index in [-0.39, 0.29) is 5.97 Å². The van der Waals surface area contributed by atoms with E-state index in [1.807, 2.05) is 0 Å². The van der Waals surface area contributed by atoms with Crippen molar-refractivity contribution < 1.29 is 9.53 Å². The van der Waals surface area contributed by atoms with E-state index >= 15 is 0 Å². The molecule has 1 heterocycles. The minimum atomic E-state index is -0.0463. The minimum absolute atomic E-state index is 0.0463. The standard InChI is InChI=1S/C16H28.C4H6O2/c1-4-10-7-13-9-14(10)16-12(6-3)8-11(5-2)15(13)16;5-4-2-1-3-6-4/h10-16H,4-9H2,1-3H3;1-3H2. The molecule has 0 amide bonds. The predicted molar refractivity (Wildman–Crippen MR) is 89.3 cm³/mol. The first kappa shape index (κ1) is 16.3. The lowest BCUT2D eigenvalue weighted by Crippen LogP contribution is -2.29. The van der Waals surface area contributed by atoms with Crippen LogP contribution < -0.4 is 0 Å². The van der Waals surface area contributed by atoms with Crippen LogP contribution in [-0.4, -0.2) is 12.6 Å². The summed E-state index contributed by atoms with van der Waals surface area (Å²) in [6, 6.07) is 0. The SMILES string of the molecule is CCC1CC2CC1C1C(CC)CC(CC)C21.O=C1CCCO1. The van der Waals surface area contributed by atoms with Gasteiger partial charge in [-0.25, -0.2) is 0 Å². The maximum atomic E-state index is 10.0. The summed E-state index contributed by atoms with van der Waals surface area (Å²) in [6.45, 7) is 7.93. The third-order valence-electron chi connectivity index (χ3n) is 7.32. The zero-order chi connectivity index (χ0) is 15.7. The average Bonchev–Trinajstić information content (AvgIpc) is 3.28. The first-order valence-electron chi connectivity index (χ1n) is 9.85.